The average Bonchev–Trinajstić information content (AvgIpc) is 2.61. The summed E-state index contributed by atoms with van der Waals surface area (Å²) < 4.78 is 0. The maximum Gasteiger partial charge on any atom is 0.0776 e. The summed E-state index contributed by atoms with van der Waals surface area (Å²) in [5, 5.41) is 0. The quantitative estimate of drug-likeness (QED) is 0.187. The lowest BCUT2D eigenvalue weighted by molar-refractivity contribution is 0.322. The van der Waals surface area contributed by atoms with Crippen LogP contribution in [0.25, 0.3) is 0 Å². The summed E-state index contributed by atoms with van der Waals surface area (Å²) in [6.07, 6.45) is 19.5. The van der Waals surface area contributed by atoms with Crippen molar-refractivity contribution in [2.75, 3.05) is 5.75 Å². The van der Waals surface area contributed by atoms with Crippen LogP contribution in [0.2, 0.25) is 0 Å². The smallest absolute Gasteiger partial charge is 0.0776 e. The molecule has 140 valence electrons. The van der Waals surface area contributed by atoms with Crippen molar-refractivity contribution in [2.24, 2.45) is 11.7 Å². The maximum absolute atomic E-state index is 6.70. The van der Waals surface area contributed by atoms with Crippen LogP contribution in [0.1, 0.15) is 103 Å². The van der Waals surface area contributed by atoms with Crippen LogP contribution in [-0.2, 0) is 0 Å². The molecule has 1 aliphatic rings. The Morgan fingerprint density at radius 1 is 1.04 bits per heavy atom. The second-order valence-corrected chi connectivity index (χ2v) is 10.1. The standard InChI is InChI=1S/C21H38INS/c1-2-3-4-9-16-21(23,18-11-12-19-24-22)17-10-8-15-20-13-6-5-7-14-20/h20H,2-8,10-15,17-19,23H2,1H3. The highest BCUT2D eigenvalue weighted by molar-refractivity contribution is 14.2. The first kappa shape index (κ1) is 22.6. The van der Waals surface area contributed by atoms with E-state index in [2.05, 4.69) is 40.0 Å². The summed E-state index contributed by atoms with van der Waals surface area (Å²) in [6, 6.07) is 0. The molecule has 1 aliphatic carbocycles. The van der Waals surface area contributed by atoms with Gasteiger partial charge in [0.05, 0.1) is 5.54 Å². The van der Waals surface area contributed by atoms with E-state index in [9.17, 15) is 0 Å². The molecule has 0 amide bonds. The lowest BCUT2D eigenvalue weighted by Crippen LogP contribution is -2.38. The van der Waals surface area contributed by atoms with Crippen LogP contribution in [-0.4, -0.2) is 11.3 Å². The average molecular weight is 464 g/mol. The van der Waals surface area contributed by atoms with Crippen molar-refractivity contribution in [3.05, 3.63) is 0 Å². The molecule has 1 rings (SSSR count). The minimum absolute atomic E-state index is 0.226. The van der Waals surface area contributed by atoms with Gasteiger partial charge >= 0.3 is 0 Å². The highest BCUT2D eigenvalue weighted by Crippen LogP contribution is 2.29. The molecule has 0 spiro atoms. The van der Waals surface area contributed by atoms with E-state index in [1.807, 2.05) is 8.93 Å². The van der Waals surface area contributed by atoms with Crippen LogP contribution in [0.15, 0.2) is 0 Å². The maximum atomic E-state index is 6.70. The Bertz CT molecular complexity index is 357. The minimum Gasteiger partial charge on any atom is -0.315 e. The predicted octanol–water partition coefficient (Wildman–Crippen LogP) is 7.27. The van der Waals surface area contributed by atoms with Crippen molar-refractivity contribution in [1.82, 2.24) is 0 Å². The van der Waals surface area contributed by atoms with Gasteiger partial charge < -0.3 is 5.73 Å². The van der Waals surface area contributed by atoms with Gasteiger partial charge in [-0.05, 0) is 59.2 Å². The van der Waals surface area contributed by atoms with E-state index in [-0.39, 0.29) is 5.54 Å². The van der Waals surface area contributed by atoms with Gasteiger partial charge in [-0.2, -0.15) is 0 Å². The molecule has 0 aliphatic heterocycles. The van der Waals surface area contributed by atoms with Crippen molar-refractivity contribution >= 4 is 30.1 Å². The normalized spacial score (nSPS) is 18.0. The van der Waals surface area contributed by atoms with E-state index in [0.717, 1.165) is 25.2 Å². The Hall–Kier alpha value is 0.600. The zero-order valence-corrected chi connectivity index (χ0v) is 18.7. The van der Waals surface area contributed by atoms with Crippen LogP contribution in [0.3, 0.4) is 0 Å². The van der Waals surface area contributed by atoms with Gasteiger partial charge in [0.15, 0.2) is 0 Å². The Morgan fingerprint density at radius 3 is 2.42 bits per heavy atom. The van der Waals surface area contributed by atoms with Crippen LogP contribution in [0.4, 0.5) is 0 Å². The fraction of sp³-hybridized carbons (Fsp3) is 0.905. The van der Waals surface area contributed by atoms with Gasteiger partial charge in [0.2, 0.25) is 0 Å². The Labute approximate surface area is 167 Å². The molecule has 0 aromatic carbocycles. The Morgan fingerprint density at radius 2 is 1.75 bits per heavy atom. The molecule has 1 saturated carbocycles. The molecular formula is C21H38INS. The van der Waals surface area contributed by atoms with E-state index in [4.69, 9.17) is 5.73 Å². The van der Waals surface area contributed by atoms with Crippen molar-refractivity contribution in [3.63, 3.8) is 0 Å². The largest absolute Gasteiger partial charge is 0.315 e. The van der Waals surface area contributed by atoms with E-state index in [0.29, 0.717) is 0 Å². The number of rotatable bonds is 12. The summed E-state index contributed by atoms with van der Waals surface area (Å²) in [5.41, 5.74) is 6.47. The van der Waals surface area contributed by atoms with Gasteiger partial charge in [0, 0.05) is 12.2 Å². The van der Waals surface area contributed by atoms with Crippen LogP contribution in [0, 0.1) is 17.8 Å². The minimum atomic E-state index is -0.226. The SMILES string of the molecule is CCCCC#CC(N)(CCCCSI)CCCCC1CCCCC1. The van der Waals surface area contributed by atoms with Gasteiger partial charge in [-0.15, -0.1) is 5.92 Å². The molecule has 0 bridgehead atoms. The molecule has 0 heterocycles. The number of hydrogen-bond acceptors (Lipinski definition) is 2. The van der Waals surface area contributed by atoms with Crippen molar-refractivity contribution in [3.8, 4) is 11.8 Å². The summed E-state index contributed by atoms with van der Waals surface area (Å²) in [6.45, 7) is 2.23. The first-order valence-electron chi connectivity index (χ1n) is 10.2. The number of halogens is 1. The lowest BCUT2D eigenvalue weighted by atomic mass is 9.84. The molecule has 24 heavy (non-hydrogen) atoms. The zero-order valence-electron chi connectivity index (χ0n) is 15.8. The van der Waals surface area contributed by atoms with Crippen LogP contribution in [0.5, 0.6) is 0 Å². The van der Waals surface area contributed by atoms with Crippen molar-refractivity contribution < 1.29 is 0 Å². The Kier molecular flexibility index (Phi) is 13.9. The first-order valence-corrected chi connectivity index (χ1v) is 13.8. The van der Waals surface area contributed by atoms with Gasteiger partial charge in [0.25, 0.3) is 0 Å². The predicted molar refractivity (Wildman–Crippen MR) is 120 cm³/mol. The van der Waals surface area contributed by atoms with Gasteiger partial charge in [-0.1, -0.05) is 79.6 Å². The molecule has 3 heteroatoms. The molecule has 0 radical (unpaired) electrons. The number of nitrogens with two attached hydrogens (primary N) is 1. The van der Waals surface area contributed by atoms with E-state index < -0.39 is 0 Å². The summed E-state index contributed by atoms with van der Waals surface area (Å²) in [7, 11) is 1.91. The van der Waals surface area contributed by atoms with E-state index in [1.165, 1.54) is 82.8 Å². The van der Waals surface area contributed by atoms with Crippen molar-refractivity contribution in [1.29, 1.82) is 0 Å². The Balaban J connectivity index is 2.33. The zero-order chi connectivity index (χ0) is 17.5. The summed E-state index contributed by atoms with van der Waals surface area (Å²) >= 11 is 2.39. The molecule has 1 nitrogen and oxygen atoms in total. The van der Waals surface area contributed by atoms with Gasteiger partial charge in [-0.3, -0.25) is 0 Å². The molecule has 1 fully saturated rings. The van der Waals surface area contributed by atoms with Gasteiger partial charge in [0.1, 0.15) is 0 Å². The second-order valence-electron chi connectivity index (χ2n) is 7.58. The molecule has 2 N–H and O–H groups in total. The molecule has 0 aromatic heterocycles. The third-order valence-electron chi connectivity index (χ3n) is 5.30. The summed E-state index contributed by atoms with van der Waals surface area (Å²) in [5.74, 6) is 9.08. The topological polar surface area (TPSA) is 26.0 Å². The van der Waals surface area contributed by atoms with Crippen molar-refractivity contribution in [2.45, 2.75) is 109 Å². The van der Waals surface area contributed by atoms with Gasteiger partial charge in [-0.25, -0.2) is 0 Å². The fourth-order valence-corrected chi connectivity index (χ4v) is 4.95. The van der Waals surface area contributed by atoms with Crippen LogP contribution < -0.4 is 5.73 Å². The third-order valence-corrected chi connectivity index (χ3v) is 7.06. The lowest BCUT2D eigenvalue weighted by Gasteiger charge is -2.25. The number of hydrogen-bond donors (Lipinski definition) is 1. The number of unbranched alkanes of at least 4 members (excludes halogenated alkanes) is 4. The third kappa shape index (κ3) is 11.3. The fourth-order valence-electron chi connectivity index (χ4n) is 3.70. The molecule has 1 atom stereocenters. The van der Waals surface area contributed by atoms with Crippen LogP contribution >= 0.6 is 30.1 Å². The first-order chi connectivity index (χ1) is 11.7. The molecular weight excluding hydrogens is 425 g/mol. The highest BCUT2D eigenvalue weighted by Gasteiger charge is 2.21. The molecule has 0 saturated heterocycles. The molecule has 1 unspecified atom stereocenters. The molecule has 0 aromatic rings. The van der Waals surface area contributed by atoms with E-state index in [1.54, 1.807) is 0 Å². The summed E-state index contributed by atoms with van der Waals surface area (Å²) in [4.78, 5) is 0. The van der Waals surface area contributed by atoms with E-state index >= 15 is 0 Å². The second kappa shape index (κ2) is 14.7. The highest BCUT2D eigenvalue weighted by atomic mass is 127. The monoisotopic (exact) mass is 463 g/mol.